The van der Waals surface area contributed by atoms with Gasteiger partial charge in [-0.3, -0.25) is 0 Å². The van der Waals surface area contributed by atoms with Gasteiger partial charge in [-0.1, -0.05) is 13.8 Å². The van der Waals surface area contributed by atoms with Crippen LogP contribution in [0.5, 0.6) is 0 Å². The van der Waals surface area contributed by atoms with Crippen molar-refractivity contribution in [2.75, 3.05) is 13.2 Å². The molecule has 0 aromatic heterocycles. The van der Waals surface area contributed by atoms with E-state index >= 15 is 0 Å². The lowest BCUT2D eigenvalue weighted by Gasteiger charge is -2.43. The molecule has 1 spiro atoms. The molecule has 0 atom stereocenters. The summed E-state index contributed by atoms with van der Waals surface area (Å²) < 4.78 is 11.7. The minimum atomic E-state index is -0.182. The Morgan fingerprint density at radius 3 is 2.00 bits per heavy atom. The van der Waals surface area contributed by atoms with Gasteiger partial charge in [-0.2, -0.15) is 0 Å². The van der Waals surface area contributed by atoms with Gasteiger partial charge in [-0.15, -0.1) is 0 Å². The van der Waals surface area contributed by atoms with Crippen LogP contribution in [0.1, 0.15) is 39.5 Å². The predicted molar refractivity (Wildman–Crippen MR) is 51.4 cm³/mol. The molecular weight excluding hydrogens is 164 g/mol. The van der Waals surface area contributed by atoms with Gasteiger partial charge in [0.15, 0.2) is 5.79 Å². The van der Waals surface area contributed by atoms with Crippen LogP contribution in [0.3, 0.4) is 0 Å². The van der Waals surface area contributed by atoms with Gasteiger partial charge in [0.25, 0.3) is 0 Å². The predicted octanol–water partition coefficient (Wildman–Crippen LogP) is 2.58. The molecule has 0 amide bonds. The molecule has 0 N–H and O–H groups in total. The molecule has 2 heteroatoms. The first-order chi connectivity index (χ1) is 6.20. The van der Waals surface area contributed by atoms with E-state index in [1.54, 1.807) is 0 Å². The fourth-order valence-corrected chi connectivity index (χ4v) is 2.17. The Kier molecular flexibility index (Phi) is 2.61. The quantitative estimate of drug-likeness (QED) is 0.576. The Morgan fingerprint density at radius 2 is 1.46 bits per heavy atom. The van der Waals surface area contributed by atoms with Crippen LogP contribution in [0.15, 0.2) is 0 Å². The van der Waals surface area contributed by atoms with Crippen molar-refractivity contribution in [2.45, 2.75) is 45.3 Å². The molecule has 1 saturated carbocycles. The van der Waals surface area contributed by atoms with Crippen molar-refractivity contribution < 1.29 is 9.47 Å². The van der Waals surface area contributed by atoms with Crippen LogP contribution in [0.25, 0.3) is 0 Å². The molecule has 2 rings (SSSR count). The number of hydrogen-bond acceptors (Lipinski definition) is 2. The topological polar surface area (TPSA) is 18.5 Å². The molecule has 2 fully saturated rings. The summed E-state index contributed by atoms with van der Waals surface area (Å²) in [6.07, 6.45) is 4.71. The van der Waals surface area contributed by atoms with E-state index in [-0.39, 0.29) is 5.79 Å². The van der Waals surface area contributed by atoms with E-state index in [0.29, 0.717) is 5.92 Å². The Labute approximate surface area is 80.6 Å². The fourth-order valence-electron chi connectivity index (χ4n) is 2.17. The highest BCUT2D eigenvalue weighted by molar-refractivity contribution is 4.81. The van der Waals surface area contributed by atoms with Gasteiger partial charge in [0, 0.05) is 18.8 Å². The SMILES string of the molecule is CC1CCC2(CC1)OCC(C)CO2. The maximum Gasteiger partial charge on any atom is 0.168 e. The minimum Gasteiger partial charge on any atom is -0.350 e. The molecule has 1 aliphatic heterocycles. The van der Waals surface area contributed by atoms with Crippen molar-refractivity contribution in [3.63, 3.8) is 0 Å². The van der Waals surface area contributed by atoms with E-state index < -0.39 is 0 Å². The van der Waals surface area contributed by atoms with Crippen molar-refractivity contribution in [1.29, 1.82) is 0 Å². The molecule has 2 nitrogen and oxygen atoms in total. The monoisotopic (exact) mass is 184 g/mol. The first-order valence-corrected chi connectivity index (χ1v) is 5.48. The molecule has 1 aliphatic carbocycles. The van der Waals surface area contributed by atoms with E-state index in [0.717, 1.165) is 32.0 Å². The fraction of sp³-hybridized carbons (Fsp3) is 1.00. The molecule has 1 saturated heterocycles. The van der Waals surface area contributed by atoms with Crippen molar-refractivity contribution in [1.82, 2.24) is 0 Å². The van der Waals surface area contributed by atoms with Crippen LogP contribution in [-0.4, -0.2) is 19.0 Å². The summed E-state index contributed by atoms with van der Waals surface area (Å²) in [6, 6.07) is 0. The first kappa shape index (κ1) is 9.47. The summed E-state index contributed by atoms with van der Waals surface area (Å²) in [6.45, 7) is 6.26. The summed E-state index contributed by atoms with van der Waals surface area (Å²) in [5.74, 6) is 1.25. The molecule has 0 unspecified atom stereocenters. The highest BCUT2D eigenvalue weighted by Crippen LogP contribution is 2.38. The van der Waals surface area contributed by atoms with E-state index in [1.165, 1.54) is 12.8 Å². The number of ether oxygens (including phenoxy) is 2. The highest BCUT2D eigenvalue weighted by atomic mass is 16.7. The summed E-state index contributed by atoms with van der Waals surface area (Å²) in [5.41, 5.74) is 0. The maximum absolute atomic E-state index is 5.84. The Balaban J connectivity index is 1.90. The highest BCUT2D eigenvalue weighted by Gasteiger charge is 2.39. The summed E-state index contributed by atoms with van der Waals surface area (Å²) in [5, 5.41) is 0. The lowest BCUT2D eigenvalue weighted by Crippen LogP contribution is -2.45. The van der Waals surface area contributed by atoms with Crippen LogP contribution in [-0.2, 0) is 9.47 Å². The van der Waals surface area contributed by atoms with E-state index in [4.69, 9.17) is 9.47 Å². The summed E-state index contributed by atoms with van der Waals surface area (Å²) in [4.78, 5) is 0. The minimum absolute atomic E-state index is 0.182. The van der Waals surface area contributed by atoms with Gasteiger partial charge in [-0.25, -0.2) is 0 Å². The summed E-state index contributed by atoms with van der Waals surface area (Å²) >= 11 is 0. The Morgan fingerprint density at radius 1 is 0.923 bits per heavy atom. The van der Waals surface area contributed by atoms with E-state index in [1.807, 2.05) is 0 Å². The second kappa shape index (κ2) is 3.58. The smallest absolute Gasteiger partial charge is 0.168 e. The second-order valence-electron chi connectivity index (χ2n) is 4.82. The molecule has 0 aromatic rings. The zero-order valence-corrected chi connectivity index (χ0v) is 8.71. The van der Waals surface area contributed by atoms with Crippen LogP contribution in [0.4, 0.5) is 0 Å². The maximum atomic E-state index is 5.84. The third-order valence-corrected chi connectivity index (χ3v) is 3.30. The molecule has 0 bridgehead atoms. The van der Waals surface area contributed by atoms with E-state index in [9.17, 15) is 0 Å². The third kappa shape index (κ3) is 2.05. The van der Waals surface area contributed by atoms with Gasteiger partial charge < -0.3 is 9.47 Å². The second-order valence-corrected chi connectivity index (χ2v) is 4.82. The number of hydrogen-bond donors (Lipinski definition) is 0. The molecule has 13 heavy (non-hydrogen) atoms. The molecular formula is C11H20O2. The van der Waals surface area contributed by atoms with Crippen molar-refractivity contribution in [3.8, 4) is 0 Å². The Bertz CT molecular complexity index is 139. The average Bonchev–Trinajstić information content (AvgIpc) is 2.16. The van der Waals surface area contributed by atoms with Gasteiger partial charge in [0.05, 0.1) is 13.2 Å². The third-order valence-electron chi connectivity index (χ3n) is 3.30. The molecule has 1 heterocycles. The van der Waals surface area contributed by atoms with Gasteiger partial charge in [-0.05, 0) is 18.8 Å². The number of rotatable bonds is 0. The van der Waals surface area contributed by atoms with Crippen LogP contribution >= 0.6 is 0 Å². The largest absolute Gasteiger partial charge is 0.350 e. The zero-order valence-electron chi connectivity index (χ0n) is 8.71. The normalized spacial score (nSPS) is 46.6. The first-order valence-electron chi connectivity index (χ1n) is 5.48. The standard InChI is InChI=1S/C11H20O2/c1-9-3-5-11(6-4-9)12-7-10(2)8-13-11/h9-10H,3-8H2,1-2H3. The molecule has 2 aliphatic rings. The lowest BCUT2D eigenvalue weighted by atomic mass is 9.86. The van der Waals surface area contributed by atoms with Crippen molar-refractivity contribution >= 4 is 0 Å². The van der Waals surface area contributed by atoms with Crippen LogP contribution in [0, 0.1) is 11.8 Å². The van der Waals surface area contributed by atoms with Gasteiger partial charge >= 0.3 is 0 Å². The molecule has 0 aromatic carbocycles. The van der Waals surface area contributed by atoms with Crippen LogP contribution in [0.2, 0.25) is 0 Å². The van der Waals surface area contributed by atoms with E-state index in [2.05, 4.69) is 13.8 Å². The lowest BCUT2D eigenvalue weighted by molar-refractivity contribution is -0.295. The average molecular weight is 184 g/mol. The van der Waals surface area contributed by atoms with Gasteiger partial charge in [0.1, 0.15) is 0 Å². The van der Waals surface area contributed by atoms with Crippen molar-refractivity contribution in [3.05, 3.63) is 0 Å². The molecule has 76 valence electrons. The Hall–Kier alpha value is -0.0800. The van der Waals surface area contributed by atoms with Crippen LogP contribution < -0.4 is 0 Å². The summed E-state index contributed by atoms with van der Waals surface area (Å²) in [7, 11) is 0. The van der Waals surface area contributed by atoms with Crippen molar-refractivity contribution in [2.24, 2.45) is 11.8 Å². The van der Waals surface area contributed by atoms with Gasteiger partial charge in [0.2, 0.25) is 0 Å². The zero-order chi connectivity index (χ0) is 9.31. The molecule has 0 radical (unpaired) electrons.